The monoisotopic (exact) mass is 301 g/mol. The van der Waals surface area contributed by atoms with Crippen molar-refractivity contribution in [3.05, 3.63) is 42.7 Å². The average molecular weight is 302 g/mol. The lowest BCUT2D eigenvalue weighted by molar-refractivity contribution is 0.702. The Labute approximate surface area is 106 Å². The zero-order valence-electron chi connectivity index (χ0n) is 8.58. The predicted molar refractivity (Wildman–Crippen MR) is 72.0 cm³/mol. The summed E-state index contributed by atoms with van der Waals surface area (Å²) in [5.41, 5.74) is 2.70. The Kier molecular flexibility index (Phi) is 3.61. The van der Waals surface area contributed by atoms with Crippen molar-refractivity contribution in [3.8, 4) is 0 Å². The molecule has 1 atom stereocenters. The van der Waals surface area contributed by atoms with E-state index in [-0.39, 0.29) is 0 Å². The van der Waals surface area contributed by atoms with Crippen LogP contribution in [-0.2, 0) is 0 Å². The zero-order chi connectivity index (χ0) is 10.8. The van der Waals surface area contributed by atoms with Gasteiger partial charge in [0, 0.05) is 4.88 Å². The molecule has 0 bridgehead atoms. The minimum Gasteiger partial charge on any atom is -0.309 e. The Morgan fingerprint density at radius 2 is 2.20 bits per heavy atom. The molecule has 2 aromatic rings. The summed E-state index contributed by atoms with van der Waals surface area (Å²) >= 11 is 7.05. The largest absolute Gasteiger partial charge is 0.309 e. The van der Waals surface area contributed by atoms with Crippen LogP contribution >= 0.6 is 38.6 Å². The Morgan fingerprint density at radius 1 is 1.40 bits per heavy atom. The van der Waals surface area contributed by atoms with Gasteiger partial charge in [0.1, 0.15) is 0 Å². The van der Waals surface area contributed by atoms with Crippen LogP contribution in [0.15, 0.2) is 26.7 Å². The van der Waals surface area contributed by atoms with Crippen LogP contribution in [0.5, 0.6) is 0 Å². The maximum absolute atomic E-state index is 3.51. The standard InChI is InChI=1S/C11H12BrNS2/c1-7-3-4-14-11(7)10(13-2)8-5-9(12)15-6-8/h3-6,10,13H,1-2H3. The molecule has 0 aliphatic rings. The van der Waals surface area contributed by atoms with Crippen molar-refractivity contribution in [2.24, 2.45) is 0 Å². The number of aryl methyl sites for hydroxylation is 1. The summed E-state index contributed by atoms with van der Waals surface area (Å²) in [5.74, 6) is 0. The van der Waals surface area contributed by atoms with Crippen molar-refractivity contribution in [3.63, 3.8) is 0 Å². The summed E-state index contributed by atoms with van der Waals surface area (Å²) in [4.78, 5) is 1.41. The van der Waals surface area contributed by atoms with Crippen LogP contribution in [-0.4, -0.2) is 7.05 Å². The van der Waals surface area contributed by atoms with Crippen molar-refractivity contribution in [2.45, 2.75) is 13.0 Å². The summed E-state index contributed by atoms with van der Waals surface area (Å²) in [6.07, 6.45) is 0. The molecular weight excluding hydrogens is 290 g/mol. The van der Waals surface area contributed by atoms with Crippen LogP contribution in [0, 0.1) is 6.92 Å². The van der Waals surface area contributed by atoms with Gasteiger partial charge in [0.15, 0.2) is 0 Å². The van der Waals surface area contributed by atoms with Gasteiger partial charge >= 0.3 is 0 Å². The molecule has 15 heavy (non-hydrogen) atoms. The molecule has 0 saturated heterocycles. The molecule has 0 radical (unpaired) electrons. The van der Waals surface area contributed by atoms with E-state index in [1.807, 2.05) is 18.4 Å². The molecule has 0 amide bonds. The molecule has 2 rings (SSSR count). The van der Waals surface area contributed by atoms with Crippen LogP contribution in [0.1, 0.15) is 22.0 Å². The minimum absolute atomic E-state index is 0.326. The normalized spacial score (nSPS) is 13.0. The number of hydrogen-bond acceptors (Lipinski definition) is 3. The van der Waals surface area contributed by atoms with Gasteiger partial charge in [0.25, 0.3) is 0 Å². The quantitative estimate of drug-likeness (QED) is 0.896. The number of rotatable bonds is 3. The third kappa shape index (κ3) is 2.33. The van der Waals surface area contributed by atoms with Gasteiger partial charge in [0.05, 0.1) is 9.83 Å². The maximum Gasteiger partial charge on any atom is 0.0701 e. The second kappa shape index (κ2) is 4.78. The Bertz CT molecular complexity index is 447. The zero-order valence-corrected chi connectivity index (χ0v) is 11.8. The first-order chi connectivity index (χ1) is 7.22. The number of nitrogens with one attached hydrogen (secondary N) is 1. The molecule has 0 saturated carbocycles. The summed E-state index contributed by atoms with van der Waals surface area (Å²) in [7, 11) is 2.01. The van der Waals surface area contributed by atoms with Crippen molar-refractivity contribution in [2.75, 3.05) is 7.05 Å². The molecule has 4 heteroatoms. The fraction of sp³-hybridized carbons (Fsp3) is 0.273. The van der Waals surface area contributed by atoms with E-state index < -0.39 is 0 Å². The topological polar surface area (TPSA) is 12.0 Å². The molecule has 2 aromatic heterocycles. The van der Waals surface area contributed by atoms with Crippen LogP contribution < -0.4 is 5.32 Å². The third-order valence-corrected chi connectivity index (χ3v) is 4.98. The highest BCUT2D eigenvalue weighted by molar-refractivity contribution is 9.11. The van der Waals surface area contributed by atoms with Gasteiger partial charge in [-0.1, -0.05) is 0 Å². The van der Waals surface area contributed by atoms with Gasteiger partial charge < -0.3 is 5.32 Å². The van der Waals surface area contributed by atoms with Gasteiger partial charge in [-0.3, -0.25) is 0 Å². The van der Waals surface area contributed by atoms with E-state index in [2.05, 4.69) is 51.1 Å². The van der Waals surface area contributed by atoms with Gasteiger partial charge in [-0.25, -0.2) is 0 Å². The van der Waals surface area contributed by atoms with Gasteiger partial charge in [0.2, 0.25) is 0 Å². The Hall–Kier alpha value is -0.160. The lowest BCUT2D eigenvalue weighted by atomic mass is 10.1. The van der Waals surface area contributed by atoms with E-state index in [4.69, 9.17) is 0 Å². The minimum atomic E-state index is 0.326. The molecule has 0 aromatic carbocycles. The van der Waals surface area contributed by atoms with E-state index in [9.17, 15) is 0 Å². The molecule has 1 unspecified atom stereocenters. The average Bonchev–Trinajstić information content (AvgIpc) is 2.79. The van der Waals surface area contributed by atoms with E-state index in [0.29, 0.717) is 6.04 Å². The summed E-state index contributed by atoms with van der Waals surface area (Å²) < 4.78 is 1.19. The molecule has 0 fully saturated rings. The van der Waals surface area contributed by atoms with E-state index >= 15 is 0 Å². The van der Waals surface area contributed by atoms with Crippen molar-refractivity contribution in [1.29, 1.82) is 0 Å². The predicted octanol–water partition coefficient (Wildman–Crippen LogP) is 4.19. The van der Waals surface area contributed by atoms with Gasteiger partial charge in [-0.15, -0.1) is 22.7 Å². The van der Waals surface area contributed by atoms with Crippen LogP contribution in [0.4, 0.5) is 0 Å². The van der Waals surface area contributed by atoms with Crippen LogP contribution in [0.3, 0.4) is 0 Å². The highest BCUT2D eigenvalue weighted by atomic mass is 79.9. The highest BCUT2D eigenvalue weighted by Crippen LogP contribution is 2.33. The lowest BCUT2D eigenvalue weighted by Crippen LogP contribution is -2.16. The Morgan fingerprint density at radius 3 is 2.67 bits per heavy atom. The SMILES string of the molecule is CNC(c1csc(Br)c1)c1sccc1C. The first-order valence-corrected chi connectivity index (χ1v) is 7.22. The summed E-state index contributed by atoms with van der Waals surface area (Å²) in [6.45, 7) is 2.16. The van der Waals surface area contributed by atoms with Gasteiger partial charge in [-0.05, 0) is 63.9 Å². The number of halogens is 1. The van der Waals surface area contributed by atoms with E-state index in [1.54, 1.807) is 11.3 Å². The van der Waals surface area contributed by atoms with Crippen LogP contribution in [0.25, 0.3) is 0 Å². The van der Waals surface area contributed by atoms with E-state index in [0.717, 1.165) is 0 Å². The molecule has 1 nitrogen and oxygen atoms in total. The number of hydrogen-bond donors (Lipinski definition) is 1. The molecule has 2 heterocycles. The van der Waals surface area contributed by atoms with Crippen molar-refractivity contribution >= 4 is 38.6 Å². The lowest BCUT2D eigenvalue weighted by Gasteiger charge is -2.14. The summed E-state index contributed by atoms with van der Waals surface area (Å²) in [5, 5.41) is 7.72. The van der Waals surface area contributed by atoms with Gasteiger partial charge in [-0.2, -0.15) is 0 Å². The molecule has 0 aliphatic carbocycles. The first kappa shape index (κ1) is 11.3. The Balaban J connectivity index is 2.36. The van der Waals surface area contributed by atoms with Crippen molar-refractivity contribution in [1.82, 2.24) is 5.32 Å². The smallest absolute Gasteiger partial charge is 0.0701 e. The molecule has 80 valence electrons. The molecule has 0 spiro atoms. The third-order valence-electron chi connectivity index (χ3n) is 2.37. The van der Waals surface area contributed by atoms with Crippen molar-refractivity contribution < 1.29 is 0 Å². The molecular formula is C11H12BrNS2. The highest BCUT2D eigenvalue weighted by Gasteiger charge is 2.16. The fourth-order valence-electron chi connectivity index (χ4n) is 1.60. The molecule has 0 aliphatic heterocycles. The maximum atomic E-state index is 3.51. The number of thiophene rings is 2. The fourth-order valence-corrected chi connectivity index (χ4v) is 3.87. The summed E-state index contributed by atoms with van der Waals surface area (Å²) in [6, 6.07) is 4.68. The molecule has 1 N–H and O–H groups in total. The second-order valence-electron chi connectivity index (χ2n) is 3.37. The van der Waals surface area contributed by atoms with Crippen LogP contribution in [0.2, 0.25) is 0 Å². The first-order valence-electron chi connectivity index (χ1n) is 4.67. The van der Waals surface area contributed by atoms with E-state index in [1.165, 1.54) is 19.8 Å². The second-order valence-corrected chi connectivity index (χ2v) is 6.61.